The van der Waals surface area contributed by atoms with Gasteiger partial charge in [-0.15, -0.1) is 0 Å². The molecule has 0 aromatic heterocycles. The smallest absolute Gasteiger partial charge is 0.240 e. The van der Waals surface area contributed by atoms with E-state index < -0.39 is 22.4 Å². The highest BCUT2D eigenvalue weighted by Gasteiger charge is 2.34. The molecule has 1 saturated heterocycles. The number of sulfonamides is 1. The molecule has 1 fully saturated rings. The quantitative estimate of drug-likeness (QED) is 0.199. The minimum absolute atomic E-state index is 0.0273. The minimum atomic E-state index is -3.62. The third-order valence-corrected chi connectivity index (χ3v) is 9.59. The largest absolute Gasteiger partial charge is 0.392 e. The lowest BCUT2D eigenvalue weighted by molar-refractivity contribution is -0.253. The summed E-state index contributed by atoms with van der Waals surface area (Å²) in [6.45, 7) is 2.71. The molecule has 232 valence electrons. The van der Waals surface area contributed by atoms with Gasteiger partial charge in [-0.2, -0.15) is 0 Å². The van der Waals surface area contributed by atoms with Gasteiger partial charge in [0.05, 0.1) is 29.8 Å². The van der Waals surface area contributed by atoms with Gasteiger partial charge in [0.2, 0.25) is 10.0 Å². The van der Waals surface area contributed by atoms with Gasteiger partial charge in [0, 0.05) is 31.1 Å². The SMILES string of the molecule is C[C@H]([C@@H](O)c1ccccc1)N(C)C[C@@H]1C[C@H](c2ccc(CO)cc2)O[C@H](c2ccc(CNS(=O)(=O)c3ccccc3)cc2)O1. The topological polar surface area (TPSA) is 108 Å². The summed E-state index contributed by atoms with van der Waals surface area (Å²) in [5.41, 5.74) is 4.32. The first kappa shape index (κ1) is 32.0. The predicted molar refractivity (Wildman–Crippen MR) is 169 cm³/mol. The third kappa shape index (κ3) is 7.99. The fourth-order valence-electron chi connectivity index (χ4n) is 5.34. The number of rotatable bonds is 12. The van der Waals surface area contributed by atoms with E-state index >= 15 is 0 Å². The van der Waals surface area contributed by atoms with Crippen LogP contribution in [0.2, 0.25) is 0 Å². The molecular weight excluding hydrogens is 576 g/mol. The number of ether oxygens (including phenoxy) is 2. The van der Waals surface area contributed by atoms with Gasteiger partial charge in [-0.05, 0) is 48.4 Å². The first-order valence-electron chi connectivity index (χ1n) is 14.8. The second-order valence-corrected chi connectivity index (χ2v) is 13.0. The Labute approximate surface area is 259 Å². The Balaban J connectivity index is 1.30. The second-order valence-electron chi connectivity index (χ2n) is 11.3. The average Bonchev–Trinajstić information content (AvgIpc) is 3.07. The monoisotopic (exact) mass is 616 g/mol. The van der Waals surface area contributed by atoms with E-state index in [9.17, 15) is 18.6 Å². The van der Waals surface area contributed by atoms with E-state index in [0.29, 0.717) is 13.0 Å². The molecule has 3 N–H and O–H groups in total. The summed E-state index contributed by atoms with van der Waals surface area (Å²) < 4.78 is 40.9. The summed E-state index contributed by atoms with van der Waals surface area (Å²) >= 11 is 0. The predicted octanol–water partition coefficient (Wildman–Crippen LogP) is 5.26. The van der Waals surface area contributed by atoms with E-state index in [1.165, 1.54) is 0 Å². The molecule has 1 heterocycles. The Kier molecular flexibility index (Phi) is 10.6. The van der Waals surface area contributed by atoms with Crippen molar-refractivity contribution >= 4 is 10.0 Å². The first-order valence-corrected chi connectivity index (χ1v) is 16.3. The van der Waals surface area contributed by atoms with E-state index in [4.69, 9.17) is 9.47 Å². The van der Waals surface area contributed by atoms with Gasteiger partial charge in [-0.3, -0.25) is 4.90 Å². The van der Waals surface area contributed by atoms with Crippen LogP contribution in [0, 0.1) is 0 Å². The number of hydrogen-bond donors (Lipinski definition) is 3. The number of aliphatic hydroxyl groups is 2. The molecule has 8 nitrogen and oxygen atoms in total. The number of hydrogen-bond acceptors (Lipinski definition) is 7. The fraction of sp³-hybridized carbons (Fsp3) is 0.314. The maximum atomic E-state index is 12.6. The van der Waals surface area contributed by atoms with Crippen LogP contribution in [0.5, 0.6) is 0 Å². The Bertz CT molecular complexity index is 1570. The molecule has 0 saturated carbocycles. The van der Waals surface area contributed by atoms with Gasteiger partial charge in [-0.1, -0.05) is 97.1 Å². The van der Waals surface area contributed by atoms with Crippen LogP contribution < -0.4 is 4.72 Å². The van der Waals surface area contributed by atoms with Crippen LogP contribution in [0.4, 0.5) is 0 Å². The summed E-state index contributed by atoms with van der Waals surface area (Å²) in [6.07, 6.45) is -1.11. The lowest BCUT2D eigenvalue weighted by atomic mass is 9.98. The van der Waals surface area contributed by atoms with Crippen molar-refractivity contribution in [3.8, 4) is 0 Å². The Morgan fingerprint density at radius 2 is 1.43 bits per heavy atom. The van der Waals surface area contributed by atoms with Crippen molar-refractivity contribution in [2.24, 2.45) is 0 Å². The summed E-state index contributed by atoms with van der Waals surface area (Å²) in [4.78, 5) is 2.33. The van der Waals surface area contributed by atoms with Crippen LogP contribution in [0.1, 0.15) is 59.7 Å². The molecule has 0 bridgehead atoms. The molecular formula is C35H40N2O6S. The zero-order chi connectivity index (χ0) is 31.1. The van der Waals surface area contributed by atoms with Crippen molar-refractivity contribution in [2.75, 3.05) is 13.6 Å². The Morgan fingerprint density at radius 3 is 2.07 bits per heavy atom. The highest BCUT2D eigenvalue weighted by Crippen LogP contribution is 2.38. The summed E-state index contributed by atoms with van der Waals surface area (Å²) in [5, 5.41) is 20.5. The molecule has 1 aliphatic heterocycles. The van der Waals surface area contributed by atoms with Crippen molar-refractivity contribution in [3.63, 3.8) is 0 Å². The molecule has 9 heteroatoms. The van der Waals surface area contributed by atoms with E-state index in [1.54, 1.807) is 30.3 Å². The van der Waals surface area contributed by atoms with Crippen LogP contribution in [0.15, 0.2) is 114 Å². The molecule has 4 aromatic rings. The van der Waals surface area contributed by atoms with Crippen molar-refractivity contribution in [3.05, 3.63) is 137 Å². The van der Waals surface area contributed by atoms with Gasteiger partial charge in [-0.25, -0.2) is 13.1 Å². The normalized spacial score (nSPS) is 20.3. The first-order chi connectivity index (χ1) is 21.2. The molecule has 0 aliphatic carbocycles. The molecule has 1 aliphatic rings. The van der Waals surface area contributed by atoms with E-state index in [0.717, 1.165) is 27.8 Å². The second kappa shape index (κ2) is 14.6. The standard InChI is InChI=1S/C35H40N2O6S/c1-25(34(39)29-9-5-3-6-10-29)37(2)23-31-21-33(28-17-15-27(24-38)16-18-28)43-35(42-31)30-19-13-26(14-20-30)22-36-44(40,41)32-11-7-4-8-12-32/h3-20,25,31,33-36,38-39H,21-24H2,1-2H3/t25-,31+,33-,34-,35-/m1/s1. The van der Waals surface area contributed by atoms with Gasteiger partial charge >= 0.3 is 0 Å². The lowest BCUT2D eigenvalue weighted by Crippen LogP contribution is -2.43. The van der Waals surface area contributed by atoms with E-state index in [-0.39, 0.29) is 36.3 Å². The Hall–Kier alpha value is -3.41. The van der Waals surface area contributed by atoms with Crippen molar-refractivity contribution < 1.29 is 28.1 Å². The highest BCUT2D eigenvalue weighted by atomic mass is 32.2. The highest BCUT2D eigenvalue weighted by molar-refractivity contribution is 7.89. The number of likely N-dealkylation sites (N-methyl/N-ethyl adjacent to an activating group) is 1. The third-order valence-electron chi connectivity index (χ3n) is 8.17. The fourth-order valence-corrected chi connectivity index (χ4v) is 6.38. The van der Waals surface area contributed by atoms with Crippen LogP contribution in [0.25, 0.3) is 0 Å². The number of aliphatic hydroxyl groups excluding tert-OH is 2. The van der Waals surface area contributed by atoms with Crippen LogP contribution in [-0.4, -0.2) is 49.3 Å². The van der Waals surface area contributed by atoms with Gasteiger partial charge in [0.25, 0.3) is 0 Å². The van der Waals surface area contributed by atoms with Crippen molar-refractivity contribution in [1.82, 2.24) is 9.62 Å². The van der Waals surface area contributed by atoms with Crippen molar-refractivity contribution in [2.45, 2.75) is 62.0 Å². The molecule has 5 rings (SSSR count). The van der Waals surface area contributed by atoms with Crippen molar-refractivity contribution in [1.29, 1.82) is 0 Å². The molecule has 4 aromatic carbocycles. The van der Waals surface area contributed by atoms with Gasteiger partial charge in [0.15, 0.2) is 6.29 Å². The summed E-state index contributed by atoms with van der Waals surface area (Å²) in [7, 11) is -1.63. The number of benzene rings is 4. The van der Waals surface area contributed by atoms with Gasteiger partial charge < -0.3 is 19.7 Å². The molecule has 0 radical (unpaired) electrons. The molecule has 44 heavy (non-hydrogen) atoms. The zero-order valence-electron chi connectivity index (χ0n) is 25.0. The molecule has 5 atom stereocenters. The maximum Gasteiger partial charge on any atom is 0.240 e. The van der Waals surface area contributed by atoms with Crippen LogP contribution in [0.3, 0.4) is 0 Å². The molecule has 0 amide bonds. The molecule has 0 spiro atoms. The minimum Gasteiger partial charge on any atom is -0.392 e. The summed E-state index contributed by atoms with van der Waals surface area (Å²) in [6, 6.07) is 33.1. The Morgan fingerprint density at radius 1 is 0.841 bits per heavy atom. The molecule has 0 unspecified atom stereocenters. The van der Waals surface area contributed by atoms with E-state index in [2.05, 4.69) is 9.62 Å². The van der Waals surface area contributed by atoms with Crippen LogP contribution in [-0.2, 0) is 32.6 Å². The van der Waals surface area contributed by atoms with Gasteiger partial charge in [0.1, 0.15) is 0 Å². The van der Waals surface area contributed by atoms with Crippen LogP contribution >= 0.6 is 0 Å². The summed E-state index contributed by atoms with van der Waals surface area (Å²) in [5.74, 6) is 0. The number of nitrogens with one attached hydrogen (secondary N) is 1. The lowest BCUT2D eigenvalue weighted by Gasteiger charge is -2.39. The average molecular weight is 617 g/mol. The van der Waals surface area contributed by atoms with E-state index in [1.807, 2.05) is 92.8 Å². The maximum absolute atomic E-state index is 12.6. The number of nitrogens with zero attached hydrogens (tertiary/aromatic N) is 1. The zero-order valence-corrected chi connectivity index (χ0v) is 25.8.